The molecule has 0 aliphatic rings. The summed E-state index contributed by atoms with van der Waals surface area (Å²) < 4.78 is 1.50. The number of aromatic nitrogens is 3. The maximum Gasteiger partial charge on any atom is 0.358 e. The van der Waals surface area contributed by atoms with Gasteiger partial charge in [-0.3, -0.25) is 4.68 Å². The summed E-state index contributed by atoms with van der Waals surface area (Å²) in [6.07, 6.45) is 2.34. The molecule has 0 saturated carbocycles. The Morgan fingerprint density at radius 3 is 3.00 bits per heavy atom. The van der Waals surface area contributed by atoms with Gasteiger partial charge in [0, 0.05) is 6.54 Å². The van der Waals surface area contributed by atoms with Gasteiger partial charge in [0.25, 0.3) is 0 Å². The summed E-state index contributed by atoms with van der Waals surface area (Å²) in [5.74, 6) is -1.06. The molecule has 4 N–H and O–H groups in total. The topological polar surface area (TPSA) is 106 Å². The maximum absolute atomic E-state index is 10.5. The number of hydrogen-bond acceptors (Lipinski definition) is 5. The number of aromatic carboxylic acids is 1. The van der Waals surface area contributed by atoms with E-state index in [0.717, 1.165) is 19.5 Å². The first-order chi connectivity index (χ1) is 7.24. The highest BCUT2D eigenvalue weighted by Gasteiger charge is 2.07. The van der Waals surface area contributed by atoms with Crippen LogP contribution in [0.5, 0.6) is 0 Å². The molecule has 0 unspecified atom stereocenters. The third-order valence-corrected chi connectivity index (χ3v) is 1.83. The summed E-state index contributed by atoms with van der Waals surface area (Å²) in [4.78, 5) is 10.5. The number of carboxylic acid groups (broad SMARTS) is 1. The van der Waals surface area contributed by atoms with Crippen molar-refractivity contribution in [3.05, 3.63) is 11.9 Å². The Morgan fingerprint density at radius 2 is 2.40 bits per heavy atom. The Labute approximate surface area is 87.3 Å². The van der Waals surface area contributed by atoms with Crippen molar-refractivity contribution in [3.8, 4) is 0 Å². The molecule has 84 valence electrons. The molecule has 0 aliphatic carbocycles. The average Bonchev–Trinajstić information content (AvgIpc) is 2.66. The minimum atomic E-state index is -1.06. The van der Waals surface area contributed by atoms with Crippen LogP contribution < -0.4 is 11.1 Å². The predicted octanol–water partition coefficient (Wildman–Crippen LogP) is -1.09. The summed E-state index contributed by atoms with van der Waals surface area (Å²) in [5.41, 5.74) is 5.30. The van der Waals surface area contributed by atoms with Crippen LogP contribution in [0.2, 0.25) is 0 Å². The summed E-state index contributed by atoms with van der Waals surface area (Å²) >= 11 is 0. The molecule has 7 nitrogen and oxygen atoms in total. The number of nitrogens with zero attached hydrogens (tertiary/aromatic N) is 3. The van der Waals surface area contributed by atoms with E-state index < -0.39 is 5.97 Å². The van der Waals surface area contributed by atoms with Gasteiger partial charge in [0.2, 0.25) is 0 Å². The molecule has 15 heavy (non-hydrogen) atoms. The van der Waals surface area contributed by atoms with Gasteiger partial charge in [0.05, 0.1) is 12.7 Å². The molecule has 0 amide bonds. The zero-order valence-corrected chi connectivity index (χ0v) is 8.39. The molecule has 0 aromatic carbocycles. The first kappa shape index (κ1) is 11.6. The summed E-state index contributed by atoms with van der Waals surface area (Å²) in [6.45, 7) is 2.85. The lowest BCUT2D eigenvalue weighted by Gasteiger charge is -2.02. The highest BCUT2D eigenvalue weighted by molar-refractivity contribution is 5.84. The highest BCUT2D eigenvalue weighted by atomic mass is 16.4. The molecule has 1 rings (SSSR count). The number of rotatable bonds is 7. The van der Waals surface area contributed by atoms with E-state index in [9.17, 15) is 4.79 Å². The third-order valence-electron chi connectivity index (χ3n) is 1.83. The first-order valence-corrected chi connectivity index (χ1v) is 4.78. The van der Waals surface area contributed by atoms with Crippen molar-refractivity contribution in [3.63, 3.8) is 0 Å². The van der Waals surface area contributed by atoms with Crippen molar-refractivity contribution in [1.82, 2.24) is 20.3 Å². The van der Waals surface area contributed by atoms with E-state index in [2.05, 4.69) is 15.6 Å². The lowest BCUT2D eigenvalue weighted by atomic mass is 10.4. The normalized spacial score (nSPS) is 10.5. The fourth-order valence-electron chi connectivity index (χ4n) is 1.05. The van der Waals surface area contributed by atoms with Crippen molar-refractivity contribution in [2.45, 2.75) is 13.0 Å². The monoisotopic (exact) mass is 213 g/mol. The fraction of sp³-hybridized carbons (Fsp3) is 0.625. The Bertz CT molecular complexity index is 312. The van der Waals surface area contributed by atoms with Gasteiger partial charge >= 0.3 is 5.97 Å². The van der Waals surface area contributed by atoms with Gasteiger partial charge in [0.15, 0.2) is 5.69 Å². The van der Waals surface area contributed by atoms with Crippen molar-refractivity contribution >= 4 is 5.97 Å². The van der Waals surface area contributed by atoms with E-state index in [0.29, 0.717) is 13.1 Å². The molecule has 1 heterocycles. The van der Waals surface area contributed by atoms with Gasteiger partial charge in [-0.1, -0.05) is 5.21 Å². The standard InChI is InChI=1S/C8H15N5O2/c9-2-1-3-10-4-5-13-6-7(8(14)15)11-12-13/h6,10H,1-5,9H2,(H,14,15). The summed E-state index contributed by atoms with van der Waals surface area (Å²) in [5, 5.41) is 18.9. The molecule has 0 spiro atoms. The van der Waals surface area contributed by atoms with Gasteiger partial charge in [0.1, 0.15) is 0 Å². The number of hydrogen-bond donors (Lipinski definition) is 3. The molecule has 0 saturated heterocycles. The zero-order chi connectivity index (χ0) is 11.1. The smallest absolute Gasteiger partial charge is 0.358 e. The van der Waals surface area contributed by atoms with Crippen LogP contribution in [0.1, 0.15) is 16.9 Å². The van der Waals surface area contributed by atoms with Crippen LogP contribution in [0.4, 0.5) is 0 Å². The van der Waals surface area contributed by atoms with Gasteiger partial charge < -0.3 is 16.2 Å². The van der Waals surface area contributed by atoms with Crippen LogP contribution >= 0.6 is 0 Å². The molecule has 1 aromatic rings. The lowest BCUT2D eigenvalue weighted by Crippen LogP contribution is -2.23. The molecular weight excluding hydrogens is 198 g/mol. The number of nitrogens with two attached hydrogens (primary N) is 1. The third kappa shape index (κ3) is 4.05. The van der Waals surface area contributed by atoms with Crippen molar-refractivity contribution in [2.24, 2.45) is 5.73 Å². The number of carbonyl (C=O) groups is 1. The minimum absolute atomic E-state index is 0.0306. The van der Waals surface area contributed by atoms with Crippen molar-refractivity contribution < 1.29 is 9.90 Å². The van der Waals surface area contributed by atoms with E-state index in [-0.39, 0.29) is 5.69 Å². The number of carboxylic acids is 1. The second-order valence-corrected chi connectivity index (χ2v) is 3.06. The van der Waals surface area contributed by atoms with Crippen LogP contribution in [-0.4, -0.2) is 45.7 Å². The molecular formula is C8H15N5O2. The Hall–Kier alpha value is -1.47. The van der Waals surface area contributed by atoms with Gasteiger partial charge in [-0.25, -0.2) is 4.79 Å². The van der Waals surface area contributed by atoms with Gasteiger partial charge in [-0.05, 0) is 19.5 Å². The molecule has 0 atom stereocenters. The molecule has 7 heteroatoms. The van der Waals surface area contributed by atoms with E-state index in [1.165, 1.54) is 10.9 Å². The molecule has 0 aliphatic heterocycles. The number of nitrogens with one attached hydrogen (secondary N) is 1. The minimum Gasteiger partial charge on any atom is -0.476 e. The quantitative estimate of drug-likeness (QED) is 0.497. The molecule has 0 bridgehead atoms. The SMILES string of the molecule is NCCCNCCn1cc(C(=O)O)nn1. The van der Waals surface area contributed by atoms with Crippen LogP contribution in [0.3, 0.4) is 0 Å². The second kappa shape index (κ2) is 6.10. The van der Waals surface area contributed by atoms with Crippen LogP contribution in [0.15, 0.2) is 6.20 Å². The lowest BCUT2D eigenvalue weighted by molar-refractivity contribution is 0.0690. The summed E-state index contributed by atoms with van der Waals surface area (Å²) in [7, 11) is 0. The van der Waals surface area contributed by atoms with Crippen LogP contribution in [0.25, 0.3) is 0 Å². The first-order valence-electron chi connectivity index (χ1n) is 4.78. The Kier molecular flexibility index (Phi) is 4.72. The van der Waals surface area contributed by atoms with Gasteiger partial charge in [-0.2, -0.15) is 0 Å². The fourth-order valence-corrected chi connectivity index (χ4v) is 1.05. The summed E-state index contributed by atoms with van der Waals surface area (Å²) in [6, 6.07) is 0. The average molecular weight is 213 g/mol. The molecule has 0 radical (unpaired) electrons. The van der Waals surface area contributed by atoms with E-state index in [4.69, 9.17) is 10.8 Å². The van der Waals surface area contributed by atoms with E-state index in [1.54, 1.807) is 0 Å². The molecule has 0 fully saturated rings. The molecule has 1 aromatic heterocycles. The van der Waals surface area contributed by atoms with E-state index >= 15 is 0 Å². The van der Waals surface area contributed by atoms with Crippen LogP contribution in [0, 0.1) is 0 Å². The maximum atomic E-state index is 10.5. The largest absolute Gasteiger partial charge is 0.476 e. The highest BCUT2D eigenvalue weighted by Crippen LogP contribution is 1.91. The zero-order valence-electron chi connectivity index (χ0n) is 8.39. The second-order valence-electron chi connectivity index (χ2n) is 3.06. The van der Waals surface area contributed by atoms with E-state index in [1.807, 2.05) is 0 Å². The van der Waals surface area contributed by atoms with Gasteiger partial charge in [-0.15, -0.1) is 5.10 Å². The van der Waals surface area contributed by atoms with Crippen molar-refractivity contribution in [2.75, 3.05) is 19.6 Å². The van der Waals surface area contributed by atoms with Crippen LogP contribution in [-0.2, 0) is 6.54 Å². The Morgan fingerprint density at radius 1 is 1.60 bits per heavy atom. The Balaban J connectivity index is 2.23. The van der Waals surface area contributed by atoms with Crippen molar-refractivity contribution in [1.29, 1.82) is 0 Å². The predicted molar refractivity (Wildman–Crippen MR) is 53.5 cm³/mol.